The Labute approximate surface area is 615 Å². The van der Waals surface area contributed by atoms with Crippen molar-refractivity contribution in [2.75, 3.05) is 21.3 Å². The van der Waals surface area contributed by atoms with Crippen molar-refractivity contribution in [1.29, 1.82) is 0 Å². The predicted molar refractivity (Wildman–Crippen MR) is 263 cm³/mol. The minimum absolute atomic E-state index is 0. The summed E-state index contributed by atoms with van der Waals surface area (Å²) in [5, 5.41) is 17.2. The first-order valence-electron chi connectivity index (χ1n) is 21.0. The molecule has 4 amide bonds. The van der Waals surface area contributed by atoms with Gasteiger partial charge < -0.3 is 48.6 Å². The van der Waals surface area contributed by atoms with Crippen LogP contribution in [0.4, 0.5) is 28.4 Å². The van der Waals surface area contributed by atoms with Gasteiger partial charge in [-0.1, -0.05) is 12.1 Å². The number of nitro benzene ring substituents is 1. The zero-order chi connectivity index (χ0) is 58.9. The molecule has 0 aliphatic rings. The van der Waals surface area contributed by atoms with Crippen molar-refractivity contribution in [1.82, 2.24) is 0 Å². The summed E-state index contributed by atoms with van der Waals surface area (Å²) >= 11 is 0. The van der Waals surface area contributed by atoms with Crippen LogP contribution in [0.5, 0.6) is 0 Å². The molecule has 85 heavy (non-hydrogen) atoms. The molecule has 0 saturated heterocycles. The molecule has 7 aromatic carbocycles. The van der Waals surface area contributed by atoms with Crippen molar-refractivity contribution >= 4 is 134 Å². The Morgan fingerprint density at radius 2 is 0.647 bits per heavy atom. The minimum atomic E-state index is -5.81. The second-order valence-corrected chi connectivity index (χ2v) is 24.7. The molecule has 0 aromatic heterocycles. The van der Waals surface area contributed by atoms with Crippen LogP contribution in [-0.4, -0.2) is 106 Å². The Balaban J connectivity index is 0.00000602. The summed E-state index contributed by atoms with van der Waals surface area (Å²) in [5.74, 6) is -4.66. The van der Waals surface area contributed by atoms with E-state index in [2.05, 4.69) is 21.3 Å². The number of aryl methyl sites for hydroxylation is 2. The molecule has 0 aliphatic carbocycles. The van der Waals surface area contributed by atoms with Gasteiger partial charge in [-0.2, -0.15) is 0 Å². The van der Waals surface area contributed by atoms with Gasteiger partial charge in [0.2, 0.25) is 0 Å². The Morgan fingerprint density at radius 1 is 0.353 bits per heavy atom. The maximum absolute atomic E-state index is 13.8. The molecule has 0 radical (unpaired) electrons. The molecule has 0 heterocycles. The molecule has 0 bridgehead atoms. The molecule has 0 atom stereocenters. The number of nitrogens with zero attached hydrogens (tertiary/aromatic N) is 1. The molecule has 41 heteroatoms. The van der Waals surface area contributed by atoms with Crippen molar-refractivity contribution in [3.8, 4) is 0 Å². The van der Waals surface area contributed by atoms with E-state index in [0.717, 1.165) is 42.5 Å². The smallest absolute Gasteiger partial charge is 0.744 e. The summed E-state index contributed by atoms with van der Waals surface area (Å²) in [5.41, 5.74) is -3.99. The van der Waals surface area contributed by atoms with Gasteiger partial charge >= 0.3 is 177 Å². The quantitative estimate of drug-likeness (QED) is 0.0320. The van der Waals surface area contributed by atoms with Gasteiger partial charge in [0.1, 0.15) is 60.7 Å². The number of carbonyl (C=O) groups excluding carboxylic acids is 4. The molecule has 0 aliphatic heterocycles. The van der Waals surface area contributed by atoms with Crippen molar-refractivity contribution in [3.63, 3.8) is 0 Å². The normalized spacial score (nSPS) is 11.6. The molecule has 0 fully saturated rings. The van der Waals surface area contributed by atoms with E-state index >= 15 is 0 Å². The van der Waals surface area contributed by atoms with Crippen LogP contribution in [0.15, 0.2) is 133 Å². The van der Waals surface area contributed by atoms with E-state index in [9.17, 15) is 107 Å². The fourth-order valence-electron chi connectivity index (χ4n) is 7.67. The number of nitro groups is 1. The van der Waals surface area contributed by atoms with Gasteiger partial charge in [0.05, 0.1) is 45.7 Å². The van der Waals surface area contributed by atoms with Crippen LogP contribution in [0.2, 0.25) is 0 Å². The number of amides is 4. The number of hydrogen-bond donors (Lipinski definition) is 4. The molecule has 7 rings (SSSR count). The van der Waals surface area contributed by atoms with Gasteiger partial charge in [-0.25, -0.2) is 50.5 Å². The van der Waals surface area contributed by atoms with E-state index in [0.29, 0.717) is 36.4 Å². The van der Waals surface area contributed by atoms with E-state index < -0.39 is 168 Å². The van der Waals surface area contributed by atoms with Crippen molar-refractivity contribution in [2.45, 2.75) is 43.2 Å². The van der Waals surface area contributed by atoms with Crippen LogP contribution < -0.4 is 199 Å². The molecule has 0 saturated carbocycles. The first-order valence-corrected chi connectivity index (χ1v) is 29.4. The summed E-state index contributed by atoms with van der Waals surface area (Å²) in [6.07, 6.45) is 0. The molecule has 0 unspecified atom stereocenters. The van der Waals surface area contributed by atoms with Gasteiger partial charge in [0.15, 0.2) is 0 Å². The fraction of sp³-hybridized carbons (Fsp3) is 0.0455. The number of benzene rings is 7. The third kappa shape index (κ3) is 18.9. The van der Waals surface area contributed by atoms with Crippen molar-refractivity contribution in [2.24, 2.45) is 0 Å². The van der Waals surface area contributed by atoms with Crippen LogP contribution in [0.1, 0.15) is 52.6 Å². The van der Waals surface area contributed by atoms with Crippen LogP contribution >= 0.6 is 0 Å². The molecule has 29 nitrogen and oxygen atoms in total. The van der Waals surface area contributed by atoms with Crippen LogP contribution in [0.3, 0.4) is 0 Å². The first kappa shape index (κ1) is 80.8. The molecular formula is C44H27N5Na6O24S6. The zero-order valence-electron chi connectivity index (χ0n) is 45.0. The number of hydrogen-bond acceptors (Lipinski definition) is 24. The third-order valence-electron chi connectivity index (χ3n) is 11.3. The maximum Gasteiger partial charge on any atom is 1.00 e. The second kappa shape index (κ2) is 30.3. The Hall–Kier alpha value is -2.20. The number of fused-ring (bicyclic) bond motifs is 2. The topological polar surface area (TPSA) is 503 Å². The number of carbonyl (C=O) groups is 4. The third-order valence-corrected chi connectivity index (χ3v) is 16.5. The molecule has 414 valence electrons. The van der Waals surface area contributed by atoms with E-state index in [-0.39, 0.29) is 223 Å². The summed E-state index contributed by atoms with van der Waals surface area (Å²) in [6.45, 7) is 2.83. The van der Waals surface area contributed by atoms with E-state index in [1.807, 2.05) is 0 Å². The average molecular weight is 1340 g/mol. The second-order valence-electron chi connectivity index (χ2n) is 16.5. The number of non-ortho nitro benzene ring substituents is 1. The standard InChI is InChI=1S/C44H33N5O24S6.6Na/c1-20-3-5-22(41(50)45-31-7-9-35(76(62,63)64)29-16-27(74(56,57)58)18-37(39(29)31)78(68,69)70)14-33(20)47-43(52)24-11-25(13-26(12-24)49(54)55)44(53)48-34-15-23(6-4-21(34)2)42(51)46-32-8-10-36(77(65,66)67)30-17-28(75(59,60)61)19-38(40(30)32)79(71,72)73;;;;;;/h3-19H,1-2H3,(H,45,50)(H,46,51)(H,47,52)(H,48,53)(H,56,57,58)(H,59,60,61)(H,62,63,64)(H,65,66,67)(H,68,69,70)(H,71,72,73);;;;;;/q;6*+1/p-6. The number of rotatable bonds is 15. The Bertz CT molecular complexity index is 4370. The molecule has 0 spiro atoms. The maximum atomic E-state index is 13.8. The largest absolute Gasteiger partial charge is 1.00 e. The first-order chi connectivity index (χ1) is 36.2. The van der Waals surface area contributed by atoms with Gasteiger partial charge in [-0.3, -0.25) is 29.3 Å². The monoisotopic (exact) mass is 1340 g/mol. The predicted octanol–water partition coefficient (Wildman–Crippen LogP) is -15.0. The van der Waals surface area contributed by atoms with Crippen LogP contribution in [-0.2, 0) is 60.7 Å². The molecular weight excluding hydrogens is 1310 g/mol. The van der Waals surface area contributed by atoms with Crippen molar-refractivity contribution in [3.05, 3.63) is 147 Å². The zero-order valence-corrected chi connectivity index (χ0v) is 61.9. The SMILES string of the molecule is Cc1ccc(C(=O)Nc2ccc(S(=O)(=O)[O-])c3cc(S(=O)(=O)[O-])cc(S(=O)(=O)[O-])c23)cc1NC(=O)c1cc(C(=O)Nc2cc(C(=O)Nc3ccc(S(=O)(=O)[O-])c4cc(S(=O)(=O)[O-])cc(S(=O)(=O)[O-])c34)ccc2C)cc([N+](=O)[O-])c1.[Na+].[Na+].[Na+].[Na+].[Na+].[Na+]. The number of anilines is 4. The van der Waals surface area contributed by atoms with Gasteiger partial charge in [0, 0.05) is 67.3 Å². The van der Waals surface area contributed by atoms with Crippen LogP contribution in [0.25, 0.3) is 21.5 Å². The van der Waals surface area contributed by atoms with Gasteiger partial charge in [-0.05, 0) is 104 Å². The number of nitrogens with one attached hydrogen (secondary N) is 4. The fourth-order valence-corrected chi connectivity index (χ4v) is 11.7. The van der Waals surface area contributed by atoms with E-state index in [1.165, 1.54) is 26.0 Å². The minimum Gasteiger partial charge on any atom is -0.744 e. The summed E-state index contributed by atoms with van der Waals surface area (Å²) in [7, 11) is -34.0. The molecule has 4 N–H and O–H groups in total. The van der Waals surface area contributed by atoms with E-state index in [4.69, 9.17) is 0 Å². The summed E-state index contributed by atoms with van der Waals surface area (Å²) in [4.78, 5) is 57.5. The van der Waals surface area contributed by atoms with Crippen molar-refractivity contribution < 1.29 is 279 Å². The average Bonchev–Trinajstić information content (AvgIpc) is 3.32. The van der Waals surface area contributed by atoms with Gasteiger partial charge in [0.25, 0.3) is 29.3 Å². The summed E-state index contributed by atoms with van der Waals surface area (Å²) in [6, 6.07) is 12.5. The molecule has 7 aromatic rings. The Kier molecular flexibility index (Phi) is 28.8. The Morgan fingerprint density at radius 3 is 0.929 bits per heavy atom. The van der Waals surface area contributed by atoms with Crippen LogP contribution in [0, 0.1) is 24.0 Å². The summed E-state index contributed by atoms with van der Waals surface area (Å²) < 4.78 is 218. The van der Waals surface area contributed by atoms with Gasteiger partial charge in [-0.15, -0.1) is 0 Å². The van der Waals surface area contributed by atoms with E-state index in [1.54, 1.807) is 0 Å².